The summed E-state index contributed by atoms with van der Waals surface area (Å²) in [6.07, 6.45) is 3.17. The van der Waals surface area contributed by atoms with Gasteiger partial charge in [0.25, 0.3) is 5.91 Å². The molecule has 104 valence electrons. The van der Waals surface area contributed by atoms with E-state index >= 15 is 0 Å². The standard InChI is InChI=1S/C13H21N5O/c1-13(2)9-18(7-6-17(13)3)12(19)10-8-15-5-4-11(10)16-14/h4-5,8H,6-7,9,14H2,1-3H3,(H,15,16). The number of nitrogens with zero attached hydrogens (tertiary/aromatic N) is 3. The number of nitrogens with two attached hydrogens (primary N) is 1. The smallest absolute Gasteiger partial charge is 0.257 e. The number of carbonyl (C=O) groups excluding carboxylic acids is 1. The molecule has 2 heterocycles. The average Bonchev–Trinajstić information content (AvgIpc) is 2.41. The van der Waals surface area contributed by atoms with Crippen molar-refractivity contribution in [1.29, 1.82) is 0 Å². The van der Waals surface area contributed by atoms with Crippen LogP contribution in [0.4, 0.5) is 5.69 Å². The minimum Gasteiger partial charge on any atom is -0.335 e. The lowest BCUT2D eigenvalue weighted by Crippen LogP contribution is -2.58. The van der Waals surface area contributed by atoms with Crippen molar-refractivity contribution in [3.05, 3.63) is 24.0 Å². The maximum absolute atomic E-state index is 12.5. The highest BCUT2D eigenvalue weighted by molar-refractivity contribution is 5.99. The second-order valence-electron chi connectivity index (χ2n) is 5.53. The van der Waals surface area contributed by atoms with Crippen molar-refractivity contribution in [1.82, 2.24) is 14.8 Å². The molecule has 1 saturated heterocycles. The number of carbonyl (C=O) groups is 1. The van der Waals surface area contributed by atoms with E-state index in [1.807, 2.05) is 4.90 Å². The fraction of sp³-hybridized carbons (Fsp3) is 0.538. The Morgan fingerprint density at radius 2 is 2.21 bits per heavy atom. The largest absolute Gasteiger partial charge is 0.335 e. The van der Waals surface area contributed by atoms with E-state index in [9.17, 15) is 4.79 Å². The number of anilines is 1. The zero-order valence-electron chi connectivity index (χ0n) is 11.7. The van der Waals surface area contributed by atoms with E-state index in [1.165, 1.54) is 0 Å². The molecule has 0 atom stereocenters. The molecule has 19 heavy (non-hydrogen) atoms. The number of piperazine rings is 1. The molecule has 0 aliphatic carbocycles. The summed E-state index contributed by atoms with van der Waals surface area (Å²) in [4.78, 5) is 20.7. The number of hydrazine groups is 1. The van der Waals surface area contributed by atoms with E-state index in [1.54, 1.807) is 18.5 Å². The quantitative estimate of drug-likeness (QED) is 0.601. The van der Waals surface area contributed by atoms with Gasteiger partial charge in [0.1, 0.15) is 0 Å². The predicted molar refractivity (Wildman–Crippen MR) is 74.7 cm³/mol. The molecule has 0 unspecified atom stereocenters. The number of aromatic nitrogens is 1. The molecule has 0 radical (unpaired) electrons. The Morgan fingerprint density at radius 3 is 2.84 bits per heavy atom. The minimum atomic E-state index is -0.0257. The third-order valence-electron chi connectivity index (χ3n) is 3.81. The first-order chi connectivity index (χ1) is 8.95. The number of nitrogens with one attached hydrogen (secondary N) is 1. The van der Waals surface area contributed by atoms with E-state index in [0.717, 1.165) is 13.1 Å². The molecule has 0 spiro atoms. The first-order valence-corrected chi connectivity index (χ1v) is 6.37. The lowest BCUT2D eigenvalue weighted by atomic mass is 9.99. The van der Waals surface area contributed by atoms with Gasteiger partial charge < -0.3 is 10.3 Å². The summed E-state index contributed by atoms with van der Waals surface area (Å²) >= 11 is 0. The first-order valence-electron chi connectivity index (χ1n) is 6.37. The first kappa shape index (κ1) is 13.8. The van der Waals surface area contributed by atoms with E-state index in [0.29, 0.717) is 17.8 Å². The van der Waals surface area contributed by atoms with Crippen molar-refractivity contribution >= 4 is 11.6 Å². The maximum Gasteiger partial charge on any atom is 0.257 e. The van der Waals surface area contributed by atoms with Gasteiger partial charge in [0.2, 0.25) is 0 Å². The highest BCUT2D eigenvalue weighted by atomic mass is 16.2. The number of rotatable bonds is 2. The molecular formula is C13H21N5O. The highest BCUT2D eigenvalue weighted by Crippen LogP contribution is 2.22. The van der Waals surface area contributed by atoms with E-state index < -0.39 is 0 Å². The Kier molecular flexibility index (Phi) is 3.73. The molecule has 1 aliphatic heterocycles. The molecule has 6 nitrogen and oxygen atoms in total. The van der Waals surface area contributed by atoms with Gasteiger partial charge in [-0.15, -0.1) is 0 Å². The Hall–Kier alpha value is -1.66. The van der Waals surface area contributed by atoms with Crippen LogP contribution in [0.1, 0.15) is 24.2 Å². The van der Waals surface area contributed by atoms with Crippen LogP contribution in [0.5, 0.6) is 0 Å². The second-order valence-corrected chi connectivity index (χ2v) is 5.53. The Morgan fingerprint density at radius 1 is 1.47 bits per heavy atom. The number of nitrogen functional groups attached to an aromatic ring is 1. The third-order valence-corrected chi connectivity index (χ3v) is 3.81. The van der Waals surface area contributed by atoms with E-state index in [4.69, 9.17) is 5.84 Å². The summed E-state index contributed by atoms with van der Waals surface area (Å²) in [6.45, 7) is 6.55. The molecule has 1 amide bonds. The molecule has 1 fully saturated rings. The zero-order chi connectivity index (χ0) is 14.0. The van der Waals surface area contributed by atoms with Crippen molar-refractivity contribution in [3.8, 4) is 0 Å². The Labute approximate surface area is 113 Å². The van der Waals surface area contributed by atoms with Crippen LogP contribution in [-0.2, 0) is 0 Å². The van der Waals surface area contributed by atoms with Crippen molar-refractivity contribution < 1.29 is 4.79 Å². The topological polar surface area (TPSA) is 74.5 Å². The number of amides is 1. The third kappa shape index (κ3) is 2.69. The van der Waals surface area contributed by atoms with Gasteiger partial charge >= 0.3 is 0 Å². The van der Waals surface area contributed by atoms with Crippen molar-refractivity contribution in [2.24, 2.45) is 5.84 Å². The molecule has 0 aromatic carbocycles. The lowest BCUT2D eigenvalue weighted by Gasteiger charge is -2.45. The number of hydrogen-bond donors (Lipinski definition) is 2. The van der Waals surface area contributed by atoms with Gasteiger partial charge in [0.15, 0.2) is 0 Å². The van der Waals surface area contributed by atoms with Gasteiger partial charge in [0, 0.05) is 37.6 Å². The molecular weight excluding hydrogens is 242 g/mol. The summed E-state index contributed by atoms with van der Waals surface area (Å²) in [5.41, 5.74) is 3.65. The van der Waals surface area contributed by atoms with Crippen LogP contribution in [0, 0.1) is 0 Å². The molecule has 0 bridgehead atoms. The summed E-state index contributed by atoms with van der Waals surface area (Å²) in [5, 5.41) is 0. The molecule has 1 aromatic rings. The van der Waals surface area contributed by atoms with Crippen molar-refractivity contribution in [3.63, 3.8) is 0 Å². The second kappa shape index (κ2) is 5.14. The lowest BCUT2D eigenvalue weighted by molar-refractivity contribution is 0.0312. The van der Waals surface area contributed by atoms with Crippen LogP contribution >= 0.6 is 0 Å². The minimum absolute atomic E-state index is 0.0214. The van der Waals surface area contributed by atoms with Crippen molar-refractivity contribution in [2.45, 2.75) is 19.4 Å². The fourth-order valence-corrected chi connectivity index (χ4v) is 2.27. The molecule has 2 rings (SSSR count). The van der Waals surface area contributed by atoms with E-state index in [2.05, 4.69) is 36.2 Å². The molecule has 1 aromatic heterocycles. The van der Waals surface area contributed by atoms with Crippen LogP contribution in [0.25, 0.3) is 0 Å². The molecule has 0 saturated carbocycles. The molecule has 6 heteroatoms. The monoisotopic (exact) mass is 263 g/mol. The number of likely N-dealkylation sites (N-methyl/N-ethyl adjacent to an activating group) is 1. The van der Waals surface area contributed by atoms with Crippen LogP contribution in [0.15, 0.2) is 18.5 Å². The van der Waals surface area contributed by atoms with E-state index in [-0.39, 0.29) is 11.4 Å². The Balaban J connectivity index is 2.21. The van der Waals surface area contributed by atoms with Gasteiger partial charge in [-0.1, -0.05) is 0 Å². The summed E-state index contributed by atoms with van der Waals surface area (Å²) < 4.78 is 0. The SMILES string of the molecule is CN1CCN(C(=O)c2cnccc2NN)CC1(C)C. The van der Waals surface area contributed by atoms with Gasteiger partial charge in [-0.3, -0.25) is 20.5 Å². The van der Waals surface area contributed by atoms with Crippen LogP contribution in [0.3, 0.4) is 0 Å². The molecule has 1 aliphatic rings. The highest BCUT2D eigenvalue weighted by Gasteiger charge is 2.34. The van der Waals surface area contributed by atoms with Crippen LogP contribution < -0.4 is 11.3 Å². The summed E-state index contributed by atoms with van der Waals surface area (Å²) in [7, 11) is 2.08. The van der Waals surface area contributed by atoms with Gasteiger partial charge in [-0.2, -0.15) is 0 Å². The van der Waals surface area contributed by atoms with Crippen molar-refractivity contribution in [2.75, 3.05) is 32.1 Å². The fourth-order valence-electron chi connectivity index (χ4n) is 2.27. The maximum atomic E-state index is 12.5. The summed E-state index contributed by atoms with van der Waals surface area (Å²) in [6, 6.07) is 1.70. The van der Waals surface area contributed by atoms with Crippen LogP contribution in [0.2, 0.25) is 0 Å². The predicted octanol–water partition coefficient (Wildman–Crippen LogP) is 0.533. The summed E-state index contributed by atoms with van der Waals surface area (Å²) in [5.74, 6) is 5.41. The van der Waals surface area contributed by atoms with Crippen LogP contribution in [-0.4, -0.2) is 52.9 Å². The zero-order valence-corrected chi connectivity index (χ0v) is 11.7. The normalized spacial score (nSPS) is 19.3. The molecule has 3 N–H and O–H groups in total. The average molecular weight is 263 g/mol. The van der Waals surface area contributed by atoms with Gasteiger partial charge in [0.05, 0.1) is 11.3 Å². The number of hydrogen-bond acceptors (Lipinski definition) is 5. The van der Waals surface area contributed by atoms with Gasteiger partial charge in [-0.05, 0) is 27.0 Å². The van der Waals surface area contributed by atoms with Gasteiger partial charge in [-0.25, -0.2) is 0 Å². The number of pyridine rings is 1. The Bertz CT molecular complexity index is 474.